The number of β-lactam (4-membered cyclic amide) rings is 1. The topological polar surface area (TPSA) is 113 Å². The molecule has 9 heteroatoms. The van der Waals surface area contributed by atoms with Crippen molar-refractivity contribution in [2.24, 2.45) is 5.73 Å². The van der Waals surface area contributed by atoms with Crippen molar-refractivity contribution < 1.29 is 19.5 Å². The Morgan fingerprint density at radius 1 is 1.48 bits per heavy atom. The molecule has 7 nitrogen and oxygen atoms in total. The predicted octanol–water partition coefficient (Wildman–Crippen LogP) is 0.209. The Labute approximate surface area is 141 Å². The fourth-order valence-electron chi connectivity index (χ4n) is 3.05. The van der Waals surface area contributed by atoms with Crippen LogP contribution in [0, 0.1) is 0 Å². The molecule has 1 aromatic heterocycles. The maximum absolute atomic E-state index is 12.4. The van der Waals surface area contributed by atoms with Crippen molar-refractivity contribution in [3.8, 4) is 0 Å². The van der Waals surface area contributed by atoms with E-state index in [1.165, 1.54) is 28.0 Å². The fraction of sp³-hybridized carbons (Fsp3) is 0.500. The summed E-state index contributed by atoms with van der Waals surface area (Å²) >= 11 is 2.78. The van der Waals surface area contributed by atoms with Crippen LogP contribution in [0.25, 0.3) is 0 Å². The van der Waals surface area contributed by atoms with Gasteiger partial charge in [-0.15, -0.1) is 11.8 Å². The lowest BCUT2D eigenvalue weighted by molar-refractivity contribution is -0.168. The zero-order valence-corrected chi connectivity index (χ0v) is 14.2. The average Bonchev–Trinajstić information content (AvgIpc) is 3.02. The zero-order valence-electron chi connectivity index (χ0n) is 12.6. The second-order valence-electron chi connectivity index (χ2n) is 6.25. The van der Waals surface area contributed by atoms with Crippen molar-refractivity contribution in [3.05, 3.63) is 22.4 Å². The number of nitrogens with two attached hydrogens (primary N) is 1. The summed E-state index contributed by atoms with van der Waals surface area (Å²) in [7, 11) is 0. The Morgan fingerprint density at radius 2 is 2.17 bits per heavy atom. The van der Waals surface area contributed by atoms with E-state index in [1.807, 2.05) is 16.8 Å². The maximum atomic E-state index is 12.4. The molecule has 2 saturated heterocycles. The van der Waals surface area contributed by atoms with E-state index < -0.39 is 33.7 Å². The lowest BCUT2D eigenvalue weighted by Gasteiger charge is -2.50. The van der Waals surface area contributed by atoms with Crippen LogP contribution in [0.15, 0.2) is 16.8 Å². The zero-order chi connectivity index (χ0) is 17.0. The molecule has 2 fully saturated rings. The van der Waals surface area contributed by atoms with E-state index in [9.17, 15) is 19.5 Å². The number of aliphatic carboxylic acids is 1. The number of hydrogen-bond donors (Lipinski definition) is 3. The summed E-state index contributed by atoms with van der Waals surface area (Å²) in [6, 6.07) is 0.881. The highest BCUT2D eigenvalue weighted by molar-refractivity contribution is 8.01. The number of rotatable bonds is 4. The van der Waals surface area contributed by atoms with Crippen molar-refractivity contribution in [2.75, 3.05) is 0 Å². The minimum absolute atomic E-state index is 0.138. The van der Waals surface area contributed by atoms with Crippen LogP contribution < -0.4 is 11.1 Å². The largest absolute Gasteiger partial charge is 0.480 e. The number of carbonyl (C=O) groups excluding carboxylic acids is 2. The molecule has 3 rings (SSSR count). The molecule has 3 heterocycles. The molecule has 0 radical (unpaired) electrons. The van der Waals surface area contributed by atoms with Gasteiger partial charge in [0.2, 0.25) is 5.91 Å². The lowest BCUT2D eigenvalue weighted by atomic mass is 9.92. The summed E-state index contributed by atoms with van der Waals surface area (Å²) in [6.45, 7) is 3.52. The quantitative estimate of drug-likeness (QED) is 0.526. The normalized spacial score (nSPS) is 31.4. The minimum Gasteiger partial charge on any atom is -0.480 e. The number of nitrogens with one attached hydrogen (secondary N) is 1. The van der Waals surface area contributed by atoms with E-state index in [0.717, 1.165) is 5.56 Å². The van der Waals surface area contributed by atoms with Crippen LogP contribution in [0.2, 0.25) is 0 Å². The first-order valence-electron chi connectivity index (χ1n) is 7.01. The molecule has 124 valence electrons. The molecule has 2 aliphatic heterocycles. The van der Waals surface area contributed by atoms with Crippen LogP contribution in [0.1, 0.15) is 19.4 Å². The van der Waals surface area contributed by atoms with Gasteiger partial charge in [-0.1, -0.05) is 0 Å². The molecular weight excluding hydrogens is 338 g/mol. The molecule has 3 atom stereocenters. The number of nitrogens with zero attached hydrogens (tertiary/aromatic N) is 1. The summed E-state index contributed by atoms with van der Waals surface area (Å²) in [5.74, 6) is -1.97. The van der Waals surface area contributed by atoms with E-state index in [0.29, 0.717) is 0 Å². The number of carbonyl (C=O) groups is 3. The van der Waals surface area contributed by atoms with E-state index >= 15 is 0 Å². The van der Waals surface area contributed by atoms with Gasteiger partial charge in [0.25, 0.3) is 5.91 Å². The average molecular weight is 355 g/mol. The molecule has 1 unspecified atom stereocenters. The number of thiophene rings is 1. The molecule has 0 spiro atoms. The molecule has 0 bridgehead atoms. The number of carboxylic acid groups (broad SMARTS) is 1. The lowest BCUT2D eigenvalue weighted by Crippen LogP contribution is -2.83. The highest BCUT2D eigenvalue weighted by atomic mass is 32.2. The number of amides is 2. The molecule has 4 N–H and O–H groups in total. The van der Waals surface area contributed by atoms with Gasteiger partial charge in [0.05, 0.1) is 6.42 Å². The standard InChI is InChI=1S/C14H17N3O4S2/c1-13(2)9(10(19)20)17-11(21)14(15,12(17)23-13)16-8(18)5-7-3-4-22-6-7/h3-4,6,9,12H,5,15H2,1-2H3,(H,16,18)(H,19,20)/t9-,12+,14?/m0/s1. The molecular formula is C14H17N3O4S2. The summed E-state index contributed by atoms with van der Waals surface area (Å²) in [4.78, 5) is 37.3. The highest BCUT2D eigenvalue weighted by Gasteiger charge is 2.70. The fourth-order valence-corrected chi connectivity index (χ4v) is 5.32. The van der Waals surface area contributed by atoms with Gasteiger partial charge in [0.1, 0.15) is 11.4 Å². The van der Waals surface area contributed by atoms with Gasteiger partial charge >= 0.3 is 5.97 Å². The number of thioether (sulfide) groups is 1. The molecule has 2 amide bonds. The number of hydrogen-bond acceptors (Lipinski definition) is 6. The van der Waals surface area contributed by atoms with Gasteiger partial charge in [-0.25, -0.2) is 4.79 Å². The van der Waals surface area contributed by atoms with Crippen molar-refractivity contribution in [2.45, 2.75) is 42.1 Å². The molecule has 0 aliphatic carbocycles. The molecule has 1 aromatic rings. The number of carboxylic acids is 1. The second kappa shape index (κ2) is 5.22. The summed E-state index contributed by atoms with van der Waals surface area (Å²) in [5.41, 5.74) is 5.42. The van der Waals surface area contributed by atoms with Crippen molar-refractivity contribution in [3.63, 3.8) is 0 Å². The Hall–Kier alpha value is -1.58. The van der Waals surface area contributed by atoms with Crippen LogP contribution in [-0.2, 0) is 20.8 Å². The van der Waals surface area contributed by atoms with Gasteiger partial charge in [-0.3, -0.25) is 15.3 Å². The van der Waals surface area contributed by atoms with Gasteiger partial charge < -0.3 is 15.3 Å². The van der Waals surface area contributed by atoms with Crippen LogP contribution in [-0.4, -0.2) is 49.6 Å². The van der Waals surface area contributed by atoms with E-state index in [4.69, 9.17) is 5.73 Å². The van der Waals surface area contributed by atoms with Crippen LogP contribution in [0.4, 0.5) is 0 Å². The van der Waals surface area contributed by atoms with E-state index in [2.05, 4.69) is 5.32 Å². The summed E-state index contributed by atoms with van der Waals surface area (Å²) in [6.07, 6.45) is 0.138. The SMILES string of the molecule is CC1(C)S[C@H]2N(C(=O)C2(N)NC(=O)Cc2ccsc2)[C@H]1C(=O)O. The van der Waals surface area contributed by atoms with Crippen LogP contribution >= 0.6 is 23.1 Å². The third-order valence-electron chi connectivity index (χ3n) is 4.11. The van der Waals surface area contributed by atoms with Crippen molar-refractivity contribution in [1.82, 2.24) is 10.2 Å². The molecule has 0 aromatic carbocycles. The minimum atomic E-state index is -1.54. The predicted molar refractivity (Wildman–Crippen MR) is 86.8 cm³/mol. The Kier molecular flexibility index (Phi) is 3.69. The second-order valence-corrected chi connectivity index (χ2v) is 8.77. The van der Waals surface area contributed by atoms with Crippen molar-refractivity contribution in [1.29, 1.82) is 0 Å². The smallest absolute Gasteiger partial charge is 0.327 e. The molecule has 0 saturated carbocycles. The monoisotopic (exact) mass is 355 g/mol. The third-order valence-corrected chi connectivity index (χ3v) is 6.49. The first kappa shape index (κ1) is 16.3. The van der Waals surface area contributed by atoms with Crippen LogP contribution in [0.3, 0.4) is 0 Å². The first-order valence-corrected chi connectivity index (χ1v) is 8.83. The van der Waals surface area contributed by atoms with Gasteiger partial charge in [-0.05, 0) is 36.2 Å². The summed E-state index contributed by atoms with van der Waals surface area (Å²) < 4.78 is -0.675. The maximum Gasteiger partial charge on any atom is 0.327 e. The Morgan fingerprint density at radius 3 is 2.74 bits per heavy atom. The van der Waals surface area contributed by atoms with Crippen molar-refractivity contribution >= 4 is 40.9 Å². The number of fused-ring (bicyclic) bond motifs is 1. The van der Waals surface area contributed by atoms with E-state index in [-0.39, 0.29) is 12.3 Å². The molecule has 2 aliphatic rings. The Balaban J connectivity index is 1.76. The van der Waals surface area contributed by atoms with Gasteiger partial charge in [0, 0.05) is 4.75 Å². The van der Waals surface area contributed by atoms with E-state index in [1.54, 1.807) is 13.8 Å². The Bertz CT molecular complexity index is 676. The highest BCUT2D eigenvalue weighted by Crippen LogP contribution is 2.53. The van der Waals surface area contributed by atoms with Crippen LogP contribution in [0.5, 0.6) is 0 Å². The first-order chi connectivity index (χ1) is 10.7. The summed E-state index contributed by atoms with van der Waals surface area (Å²) in [5, 5.41) is 15.1. The van der Waals surface area contributed by atoms with Gasteiger partial charge in [0.15, 0.2) is 5.66 Å². The molecule has 23 heavy (non-hydrogen) atoms. The third kappa shape index (κ3) is 2.43. The van der Waals surface area contributed by atoms with Gasteiger partial charge in [-0.2, -0.15) is 11.3 Å².